The highest BCUT2D eigenvalue weighted by atomic mass is 32.2. The van der Waals surface area contributed by atoms with E-state index in [9.17, 15) is 18.0 Å². The van der Waals surface area contributed by atoms with E-state index in [1.54, 1.807) is 6.07 Å². The third-order valence-corrected chi connectivity index (χ3v) is 4.46. The number of nitrogens with one attached hydrogen (secondary N) is 1. The largest absolute Gasteiger partial charge is 0.478 e. The first-order valence-corrected chi connectivity index (χ1v) is 8.74. The fourth-order valence-corrected chi connectivity index (χ4v) is 3.05. The Morgan fingerprint density at radius 1 is 1.38 bits per heavy atom. The summed E-state index contributed by atoms with van der Waals surface area (Å²) < 4.78 is 22.6. The van der Waals surface area contributed by atoms with Crippen molar-refractivity contribution in [3.8, 4) is 0 Å². The Labute approximate surface area is 124 Å². The van der Waals surface area contributed by atoms with Gasteiger partial charge in [0, 0.05) is 12.7 Å². The quantitative estimate of drug-likeness (QED) is 0.857. The smallest absolute Gasteiger partial charge is 0.335 e. The van der Waals surface area contributed by atoms with E-state index in [0.717, 1.165) is 17.6 Å². The highest BCUT2D eigenvalue weighted by molar-refractivity contribution is 7.90. The number of aromatic nitrogens is 1. The third-order valence-electron chi connectivity index (χ3n) is 2.58. The van der Waals surface area contributed by atoms with Gasteiger partial charge in [-0.2, -0.15) is 0 Å². The first kappa shape index (κ1) is 15.4. The molecule has 0 bridgehead atoms. The van der Waals surface area contributed by atoms with Gasteiger partial charge in [-0.3, -0.25) is 4.79 Å². The van der Waals surface area contributed by atoms with Crippen LogP contribution in [-0.4, -0.2) is 42.4 Å². The van der Waals surface area contributed by atoms with E-state index < -0.39 is 21.7 Å². The molecule has 2 aromatic rings. The lowest BCUT2D eigenvalue weighted by molar-refractivity contribution is -0.115. The van der Waals surface area contributed by atoms with Crippen molar-refractivity contribution < 1.29 is 23.1 Å². The second-order valence-electron chi connectivity index (χ2n) is 4.43. The molecule has 1 aromatic carbocycles. The van der Waals surface area contributed by atoms with Crippen molar-refractivity contribution in [2.45, 2.75) is 6.42 Å². The summed E-state index contributed by atoms with van der Waals surface area (Å²) in [5.41, 5.74) is 0.713. The SMILES string of the molecule is CS(=O)(=O)CCC(=O)Nc1nc2ccc(C(=O)O)cc2s1. The molecular weight excluding hydrogens is 316 g/mol. The van der Waals surface area contributed by atoms with E-state index in [-0.39, 0.29) is 17.7 Å². The molecular formula is C12H12N2O5S2. The lowest BCUT2D eigenvalue weighted by Crippen LogP contribution is -2.16. The van der Waals surface area contributed by atoms with E-state index in [2.05, 4.69) is 10.3 Å². The van der Waals surface area contributed by atoms with E-state index in [1.807, 2.05) is 0 Å². The van der Waals surface area contributed by atoms with Crippen molar-refractivity contribution in [3.05, 3.63) is 23.8 Å². The number of rotatable bonds is 5. The Balaban J connectivity index is 2.12. The van der Waals surface area contributed by atoms with E-state index in [1.165, 1.54) is 12.1 Å². The van der Waals surface area contributed by atoms with Gasteiger partial charge >= 0.3 is 5.97 Å². The number of carbonyl (C=O) groups is 2. The molecule has 9 heteroatoms. The number of anilines is 1. The highest BCUT2D eigenvalue weighted by Gasteiger charge is 2.12. The predicted octanol–water partition coefficient (Wildman–Crippen LogP) is 1.37. The van der Waals surface area contributed by atoms with Crippen LogP contribution in [0.2, 0.25) is 0 Å². The zero-order chi connectivity index (χ0) is 15.6. The maximum absolute atomic E-state index is 11.6. The number of nitrogens with zero attached hydrogens (tertiary/aromatic N) is 1. The average Bonchev–Trinajstić information content (AvgIpc) is 2.76. The van der Waals surface area contributed by atoms with Gasteiger partial charge in [-0.05, 0) is 18.2 Å². The molecule has 0 aliphatic heterocycles. The van der Waals surface area contributed by atoms with Crippen molar-refractivity contribution in [2.24, 2.45) is 0 Å². The number of benzene rings is 1. The van der Waals surface area contributed by atoms with Crippen LogP contribution in [0.4, 0.5) is 5.13 Å². The van der Waals surface area contributed by atoms with Gasteiger partial charge in [0.25, 0.3) is 0 Å². The molecule has 0 atom stereocenters. The van der Waals surface area contributed by atoms with Gasteiger partial charge in [0.05, 0.1) is 21.5 Å². The Hall–Kier alpha value is -2.00. The van der Waals surface area contributed by atoms with E-state index in [4.69, 9.17) is 5.11 Å². The summed E-state index contributed by atoms with van der Waals surface area (Å²) in [4.78, 5) is 26.6. The van der Waals surface area contributed by atoms with Crippen LogP contribution in [0.15, 0.2) is 18.2 Å². The molecule has 0 saturated carbocycles. The van der Waals surface area contributed by atoms with Crippen LogP contribution in [0.1, 0.15) is 16.8 Å². The minimum Gasteiger partial charge on any atom is -0.478 e. The number of thiazole rings is 1. The summed E-state index contributed by atoms with van der Waals surface area (Å²) in [5, 5.41) is 11.7. The number of fused-ring (bicyclic) bond motifs is 1. The minimum absolute atomic E-state index is 0.140. The molecule has 7 nitrogen and oxygen atoms in total. The van der Waals surface area contributed by atoms with Crippen LogP contribution in [0, 0.1) is 0 Å². The molecule has 1 aromatic heterocycles. The molecule has 2 rings (SSSR count). The van der Waals surface area contributed by atoms with Crippen LogP contribution in [-0.2, 0) is 14.6 Å². The molecule has 0 aliphatic rings. The first-order valence-electron chi connectivity index (χ1n) is 5.86. The van der Waals surface area contributed by atoms with Crippen LogP contribution in [0.25, 0.3) is 10.2 Å². The number of carboxylic acids is 1. The van der Waals surface area contributed by atoms with Crippen LogP contribution in [0.5, 0.6) is 0 Å². The maximum atomic E-state index is 11.6. The topological polar surface area (TPSA) is 113 Å². The molecule has 2 N–H and O–H groups in total. The van der Waals surface area contributed by atoms with Crippen molar-refractivity contribution in [2.75, 3.05) is 17.3 Å². The molecule has 0 saturated heterocycles. The van der Waals surface area contributed by atoms with Crippen LogP contribution >= 0.6 is 11.3 Å². The molecule has 0 unspecified atom stereocenters. The summed E-state index contributed by atoms with van der Waals surface area (Å²) in [6, 6.07) is 4.46. The standard InChI is InChI=1S/C12H12N2O5S2/c1-21(18,19)5-4-10(15)14-12-13-8-3-2-7(11(16)17)6-9(8)20-12/h2-3,6H,4-5H2,1H3,(H,16,17)(H,13,14,15). The molecule has 112 valence electrons. The molecule has 1 amide bonds. The molecule has 21 heavy (non-hydrogen) atoms. The number of hydrogen-bond donors (Lipinski definition) is 2. The second-order valence-corrected chi connectivity index (χ2v) is 7.73. The monoisotopic (exact) mass is 328 g/mol. The highest BCUT2D eigenvalue weighted by Crippen LogP contribution is 2.26. The molecule has 1 heterocycles. The van der Waals surface area contributed by atoms with Crippen molar-refractivity contribution in [1.82, 2.24) is 4.98 Å². The average molecular weight is 328 g/mol. The van der Waals surface area contributed by atoms with Gasteiger partial charge in [-0.15, -0.1) is 0 Å². The summed E-state index contributed by atoms with van der Waals surface area (Å²) in [6.45, 7) is 0. The molecule has 0 spiro atoms. The van der Waals surface area contributed by atoms with Gasteiger partial charge < -0.3 is 10.4 Å². The third kappa shape index (κ3) is 4.23. The summed E-state index contributed by atoms with van der Waals surface area (Å²) in [5.74, 6) is -1.71. The molecule has 0 aliphatic carbocycles. The summed E-state index contributed by atoms with van der Waals surface area (Å²) in [7, 11) is -3.19. The fourth-order valence-electron chi connectivity index (χ4n) is 1.57. The Morgan fingerprint density at radius 3 is 2.71 bits per heavy atom. The number of amides is 1. The van der Waals surface area contributed by atoms with Gasteiger partial charge in [-0.1, -0.05) is 11.3 Å². The van der Waals surface area contributed by atoms with Crippen molar-refractivity contribution >= 4 is 48.4 Å². The fraction of sp³-hybridized carbons (Fsp3) is 0.250. The Bertz CT molecular complexity index is 810. The van der Waals surface area contributed by atoms with Crippen molar-refractivity contribution in [3.63, 3.8) is 0 Å². The number of aromatic carboxylic acids is 1. The Morgan fingerprint density at radius 2 is 2.10 bits per heavy atom. The maximum Gasteiger partial charge on any atom is 0.335 e. The summed E-state index contributed by atoms with van der Waals surface area (Å²) >= 11 is 1.13. The molecule has 0 radical (unpaired) electrons. The molecule has 0 fully saturated rings. The minimum atomic E-state index is -3.19. The number of carboxylic acid groups (broad SMARTS) is 1. The predicted molar refractivity (Wildman–Crippen MR) is 79.5 cm³/mol. The van der Waals surface area contributed by atoms with Gasteiger partial charge in [0.2, 0.25) is 5.91 Å². The van der Waals surface area contributed by atoms with Gasteiger partial charge in [-0.25, -0.2) is 18.2 Å². The number of carbonyl (C=O) groups excluding carboxylic acids is 1. The normalized spacial score (nSPS) is 11.5. The number of hydrogen-bond acceptors (Lipinski definition) is 6. The second kappa shape index (κ2) is 5.78. The van der Waals surface area contributed by atoms with E-state index in [0.29, 0.717) is 15.3 Å². The lowest BCUT2D eigenvalue weighted by Gasteiger charge is -1.99. The number of sulfone groups is 1. The lowest BCUT2D eigenvalue weighted by atomic mass is 10.2. The Kier molecular flexibility index (Phi) is 4.24. The van der Waals surface area contributed by atoms with E-state index >= 15 is 0 Å². The first-order chi connectivity index (χ1) is 9.74. The van der Waals surface area contributed by atoms with Gasteiger partial charge in [0.15, 0.2) is 5.13 Å². The van der Waals surface area contributed by atoms with Crippen LogP contribution < -0.4 is 5.32 Å². The zero-order valence-corrected chi connectivity index (χ0v) is 12.6. The summed E-state index contributed by atoms with van der Waals surface area (Å²) in [6.07, 6.45) is 0.917. The van der Waals surface area contributed by atoms with Crippen LogP contribution in [0.3, 0.4) is 0 Å². The zero-order valence-electron chi connectivity index (χ0n) is 11.0. The van der Waals surface area contributed by atoms with Crippen molar-refractivity contribution in [1.29, 1.82) is 0 Å². The van der Waals surface area contributed by atoms with Gasteiger partial charge in [0.1, 0.15) is 9.84 Å².